The van der Waals surface area contributed by atoms with Crippen molar-refractivity contribution in [2.75, 3.05) is 6.54 Å². The summed E-state index contributed by atoms with van der Waals surface area (Å²) in [6, 6.07) is 3.93. The van der Waals surface area contributed by atoms with Crippen LogP contribution in [-0.2, 0) is 11.2 Å². The summed E-state index contributed by atoms with van der Waals surface area (Å²) in [5, 5.41) is 12.5. The predicted octanol–water partition coefficient (Wildman–Crippen LogP) is 2.81. The van der Waals surface area contributed by atoms with E-state index >= 15 is 0 Å². The van der Waals surface area contributed by atoms with Gasteiger partial charge in [-0.05, 0) is 24.0 Å². The normalized spacial score (nSPS) is 12.5. The highest BCUT2D eigenvalue weighted by Crippen LogP contribution is 2.14. The van der Waals surface area contributed by atoms with E-state index in [1.165, 1.54) is 12.1 Å². The molecule has 1 atom stereocenters. The summed E-state index contributed by atoms with van der Waals surface area (Å²) in [5.41, 5.74) is 0.186. The molecule has 0 aliphatic heterocycles. The third-order valence-electron chi connectivity index (χ3n) is 3.75. The summed E-state index contributed by atoms with van der Waals surface area (Å²) >= 11 is 0. The Morgan fingerprint density at radius 2 is 1.95 bits per heavy atom. The van der Waals surface area contributed by atoms with Crippen molar-refractivity contribution in [3.8, 4) is 0 Å². The van der Waals surface area contributed by atoms with E-state index in [9.17, 15) is 18.7 Å². The van der Waals surface area contributed by atoms with Crippen LogP contribution >= 0.6 is 0 Å². The van der Waals surface area contributed by atoms with E-state index in [0.717, 1.165) is 18.9 Å². The number of benzene rings is 1. The van der Waals surface area contributed by atoms with Crippen molar-refractivity contribution >= 4 is 5.91 Å². The summed E-state index contributed by atoms with van der Waals surface area (Å²) in [7, 11) is 0. The average Bonchev–Trinajstić information content (AvgIpc) is 2.48. The predicted molar refractivity (Wildman–Crippen MR) is 77.8 cm³/mol. The maximum absolute atomic E-state index is 13.4. The SMILES string of the molecule is CCC(CC)C(O)CNC(=O)CCc1cccc(F)c1F. The lowest BCUT2D eigenvalue weighted by Crippen LogP contribution is -2.36. The number of hydrogen-bond acceptors (Lipinski definition) is 2. The van der Waals surface area contributed by atoms with Crippen LogP contribution in [0.25, 0.3) is 0 Å². The van der Waals surface area contributed by atoms with Crippen molar-refractivity contribution in [3.05, 3.63) is 35.4 Å². The molecule has 0 saturated heterocycles. The van der Waals surface area contributed by atoms with Crippen LogP contribution in [-0.4, -0.2) is 23.7 Å². The molecule has 0 saturated carbocycles. The molecule has 118 valence electrons. The Kier molecular flexibility index (Phi) is 7.29. The summed E-state index contributed by atoms with van der Waals surface area (Å²) < 4.78 is 26.4. The lowest BCUT2D eigenvalue weighted by Gasteiger charge is -2.20. The minimum absolute atomic E-state index is 0.0655. The largest absolute Gasteiger partial charge is 0.391 e. The number of amides is 1. The molecule has 0 radical (unpaired) electrons. The summed E-state index contributed by atoms with van der Waals surface area (Å²) in [6.45, 7) is 4.18. The Hall–Kier alpha value is -1.49. The molecule has 0 spiro atoms. The van der Waals surface area contributed by atoms with Crippen LogP contribution in [0, 0.1) is 17.6 Å². The van der Waals surface area contributed by atoms with E-state index in [0.29, 0.717) is 0 Å². The first-order valence-corrected chi connectivity index (χ1v) is 7.37. The number of carbonyl (C=O) groups excluding carboxylic acids is 1. The van der Waals surface area contributed by atoms with Gasteiger partial charge in [-0.2, -0.15) is 0 Å². The van der Waals surface area contributed by atoms with Gasteiger partial charge >= 0.3 is 0 Å². The zero-order valence-electron chi connectivity index (χ0n) is 12.5. The van der Waals surface area contributed by atoms with Gasteiger partial charge in [-0.1, -0.05) is 38.8 Å². The number of aryl methyl sites for hydroxylation is 1. The molecule has 0 aliphatic carbocycles. The molecule has 1 rings (SSSR count). The average molecular weight is 299 g/mol. The van der Waals surface area contributed by atoms with Crippen LogP contribution < -0.4 is 5.32 Å². The lowest BCUT2D eigenvalue weighted by atomic mass is 9.96. The molecule has 2 N–H and O–H groups in total. The van der Waals surface area contributed by atoms with Crippen molar-refractivity contribution in [3.63, 3.8) is 0 Å². The third-order valence-corrected chi connectivity index (χ3v) is 3.75. The second-order valence-electron chi connectivity index (χ2n) is 5.16. The van der Waals surface area contributed by atoms with Crippen LogP contribution in [0.15, 0.2) is 18.2 Å². The van der Waals surface area contributed by atoms with Crippen molar-refractivity contribution in [1.29, 1.82) is 0 Å². The van der Waals surface area contributed by atoms with Crippen LogP contribution in [0.5, 0.6) is 0 Å². The molecule has 1 unspecified atom stereocenters. The molecule has 21 heavy (non-hydrogen) atoms. The van der Waals surface area contributed by atoms with Crippen LogP contribution in [0.1, 0.15) is 38.7 Å². The monoisotopic (exact) mass is 299 g/mol. The Bertz CT molecular complexity index is 462. The molecule has 1 amide bonds. The third kappa shape index (κ3) is 5.42. The fourth-order valence-corrected chi connectivity index (χ4v) is 2.30. The van der Waals surface area contributed by atoms with Crippen molar-refractivity contribution in [2.45, 2.75) is 45.6 Å². The summed E-state index contributed by atoms with van der Waals surface area (Å²) in [5.74, 6) is -1.92. The van der Waals surface area contributed by atoms with Crippen molar-refractivity contribution in [2.24, 2.45) is 5.92 Å². The van der Waals surface area contributed by atoms with E-state index < -0.39 is 17.7 Å². The number of rotatable bonds is 8. The maximum Gasteiger partial charge on any atom is 0.220 e. The van der Waals surface area contributed by atoms with Gasteiger partial charge in [-0.15, -0.1) is 0 Å². The molecule has 3 nitrogen and oxygen atoms in total. The second kappa shape index (κ2) is 8.72. The van der Waals surface area contributed by atoms with Gasteiger partial charge in [0.15, 0.2) is 11.6 Å². The molecule has 0 bridgehead atoms. The van der Waals surface area contributed by atoms with Crippen molar-refractivity contribution in [1.82, 2.24) is 5.32 Å². The first-order valence-electron chi connectivity index (χ1n) is 7.37. The standard InChI is InChI=1S/C16H23F2NO2/c1-3-11(4-2)14(20)10-19-15(21)9-8-12-6-5-7-13(17)16(12)18/h5-7,11,14,20H,3-4,8-10H2,1-2H3,(H,19,21). The zero-order valence-corrected chi connectivity index (χ0v) is 12.5. The summed E-state index contributed by atoms with van der Waals surface area (Å²) in [6.07, 6.45) is 1.33. The Labute approximate surface area is 124 Å². The first kappa shape index (κ1) is 17.6. The quantitative estimate of drug-likeness (QED) is 0.775. The molecule has 1 aromatic carbocycles. The molecule has 1 aromatic rings. The number of hydrogen-bond donors (Lipinski definition) is 2. The minimum atomic E-state index is -0.905. The number of aliphatic hydroxyl groups is 1. The fraction of sp³-hybridized carbons (Fsp3) is 0.562. The van der Waals surface area contributed by atoms with E-state index in [4.69, 9.17) is 0 Å². The molecule has 0 fully saturated rings. The smallest absolute Gasteiger partial charge is 0.220 e. The van der Waals surface area contributed by atoms with E-state index in [1.54, 1.807) is 0 Å². The summed E-state index contributed by atoms with van der Waals surface area (Å²) in [4.78, 5) is 11.7. The molecular formula is C16H23F2NO2. The van der Waals surface area contributed by atoms with E-state index in [1.807, 2.05) is 13.8 Å². The van der Waals surface area contributed by atoms with Crippen molar-refractivity contribution < 1.29 is 18.7 Å². The van der Waals surface area contributed by atoms with Gasteiger partial charge in [0.25, 0.3) is 0 Å². The van der Waals surface area contributed by atoms with E-state index in [2.05, 4.69) is 5.32 Å². The maximum atomic E-state index is 13.4. The van der Waals surface area contributed by atoms with E-state index in [-0.39, 0.29) is 36.8 Å². The highest BCUT2D eigenvalue weighted by Gasteiger charge is 2.16. The van der Waals surface area contributed by atoms with Gasteiger partial charge in [0.2, 0.25) is 5.91 Å². The van der Waals surface area contributed by atoms with Gasteiger partial charge in [0.1, 0.15) is 0 Å². The molecule has 5 heteroatoms. The van der Waals surface area contributed by atoms with Crippen LogP contribution in [0.4, 0.5) is 8.78 Å². The molecule has 0 heterocycles. The number of halogens is 2. The van der Waals surface area contributed by atoms with Gasteiger partial charge < -0.3 is 10.4 Å². The highest BCUT2D eigenvalue weighted by molar-refractivity contribution is 5.76. The van der Waals surface area contributed by atoms with Gasteiger partial charge in [0.05, 0.1) is 6.10 Å². The first-order chi connectivity index (χ1) is 9.99. The topological polar surface area (TPSA) is 49.3 Å². The van der Waals surface area contributed by atoms with Gasteiger partial charge in [-0.25, -0.2) is 8.78 Å². The number of carbonyl (C=O) groups is 1. The van der Waals surface area contributed by atoms with Gasteiger partial charge in [-0.3, -0.25) is 4.79 Å². The fourth-order valence-electron chi connectivity index (χ4n) is 2.30. The molecular weight excluding hydrogens is 276 g/mol. The number of aliphatic hydroxyl groups excluding tert-OH is 1. The highest BCUT2D eigenvalue weighted by atomic mass is 19.2. The van der Waals surface area contributed by atoms with Crippen LogP contribution in [0.3, 0.4) is 0 Å². The molecule has 0 aromatic heterocycles. The number of nitrogens with one attached hydrogen (secondary N) is 1. The second-order valence-corrected chi connectivity index (χ2v) is 5.16. The Morgan fingerprint density at radius 3 is 2.57 bits per heavy atom. The Morgan fingerprint density at radius 1 is 1.29 bits per heavy atom. The molecule has 0 aliphatic rings. The zero-order chi connectivity index (χ0) is 15.8. The van der Waals surface area contributed by atoms with Crippen LogP contribution in [0.2, 0.25) is 0 Å². The lowest BCUT2D eigenvalue weighted by molar-refractivity contribution is -0.121. The Balaban J connectivity index is 2.39. The minimum Gasteiger partial charge on any atom is -0.391 e. The van der Waals surface area contributed by atoms with Gasteiger partial charge in [0, 0.05) is 13.0 Å².